The fourth-order valence-corrected chi connectivity index (χ4v) is 4.16. The minimum absolute atomic E-state index is 0.0385. The van der Waals surface area contributed by atoms with Crippen LogP contribution in [0.25, 0.3) is 0 Å². The Kier molecular flexibility index (Phi) is 7.47. The highest BCUT2D eigenvalue weighted by Crippen LogP contribution is 2.32. The molecule has 0 N–H and O–H groups in total. The van der Waals surface area contributed by atoms with Gasteiger partial charge in [0.05, 0.1) is 25.0 Å². The molecular formula is C25H29FN4O3. The molecule has 1 fully saturated rings. The summed E-state index contributed by atoms with van der Waals surface area (Å²) in [5, 5.41) is 6.11. The smallest absolute Gasteiger partial charge is 0.262 e. The molecule has 4 rings (SSSR count). The van der Waals surface area contributed by atoms with E-state index in [4.69, 9.17) is 4.74 Å². The van der Waals surface area contributed by atoms with Crippen molar-refractivity contribution in [1.29, 1.82) is 0 Å². The summed E-state index contributed by atoms with van der Waals surface area (Å²) in [6.45, 7) is 5.64. The van der Waals surface area contributed by atoms with Crippen LogP contribution < -0.4 is 0 Å². The molecule has 0 aromatic heterocycles. The van der Waals surface area contributed by atoms with Crippen molar-refractivity contribution in [3.8, 4) is 0 Å². The number of hydrazone groups is 1. The van der Waals surface area contributed by atoms with E-state index in [9.17, 15) is 14.0 Å². The van der Waals surface area contributed by atoms with Gasteiger partial charge in [0.2, 0.25) is 5.91 Å². The van der Waals surface area contributed by atoms with Crippen LogP contribution in [0.2, 0.25) is 0 Å². The minimum atomic E-state index is -0.317. The Hall–Kier alpha value is -3.10. The molecule has 0 radical (unpaired) electrons. The first kappa shape index (κ1) is 23.1. The number of benzene rings is 2. The molecule has 2 aliphatic rings. The normalized spacial score (nSPS) is 18.8. The van der Waals surface area contributed by atoms with Crippen molar-refractivity contribution in [2.45, 2.75) is 19.4 Å². The number of hydrogen-bond donors (Lipinski definition) is 0. The number of carbonyl (C=O) groups excluding carboxylic acids is 2. The quantitative estimate of drug-likeness (QED) is 0.648. The number of amides is 2. The highest BCUT2D eigenvalue weighted by atomic mass is 19.1. The summed E-state index contributed by atoms with van der Waals surface area (Å²) >= 11 is 0. The summed E-state index contributed by atoms with van der Waals surface area (Å²) < 4.78 is 18.8. The third-order valence-corrected chi connectivity index (χ3v) is 6.09. The lowest BCUT2D eigenvalue weighted by Crippen LogP contribution is -2.45. The molecule has 2 aliphatic heterocycles. The molecule has 7 nitrogen and oxygen atoms in total. The molecule has 1 saturated heterocycles. The van der Waals surface area contributed by atoms with E-state index in [1.807, 2.05) is 30.3 Å². The summed E-state index contributed by atoms with van der Waals surface area (Å²) in [6.07, 6.45) is 0.523. The lowest BCUT2D eigenvalue weighted by Gasteiger charge is -2.30. The fraction of sp³-hybridized carbons (Fsp3) is 0.400. The maximum atomic E-state index is 13.4. The zero-order valence-electron chi connectivity index (χ0n) is 18.8. The highest BCUT2D eigenvalue weighted by molar-refractivity contribution is 6.03. The predicted molar refractivity (Wildman–Crippen MR) is 123 cm³/mol. The second-order valence-electron chi connectivity index (χ2n) is 8.32. The molecule has 2 aromatic carbocycles. The molecule has 2 heterocycles. The molecule has 2 aromatic rings. The first-order valence-corrected chi connectivity index (χ1v) is 11.3. The van der Waals surface area contributed by atoms with Crippen molar-refractivity contribution in [2.24, 2.45) is 5.10 Å². The van der Waals surface area contributed by atoms with Crippen molar-refractivity contribution >= 4 is 17.5 Å². The molecule has 8 heteroatoms. The van der Waals surface area contributed by atoms with Gasteiger partial charge in [-0.25, -0.2) is 9.40 Å². The van der Waals surface area contributed by atoms with Crippen LogP contribution >= 0.6 is 0 Å². The Morgan fingerprint density at radius 2 is 1.79 bits per heavy atom. The van der Waals surface area contributed by atoms with Crippen LogP contribution in [-0.4, -0.2) is 78.3 Å². The molecule has 1 atom stereocenters. The van der Waals surface area contributed by atoms with Crippen LogP contribution in [0.5, 0.6) is 0 Å². The van der Waals surface area contributed by atoms with Crippen LogP contribution in [0.15, 0.2) is 59.7 Å². The van der Waals surface area contributed by atoms with E-state index in [-0.39, 0.29) is 30.2 Å². The summed E-state index contributed by atoms with van der Waals surface area (Å²) in [4.78, 5) is 29.4. The number of morpholine rings is 1. The summed E-state index contributed by atoms with van der Waals surface area (Å²) in [7, 11) is 0. The Labute approximate surface area is 193 Å². The van der Waals surface area contributed by atoms with Gasteiger partial charge in [0.25, 0.3) is 5.91 Å². The topological polar surface area (TPSA) is 65.5 Å². The molecule has 0 saturated carbocycles. The maximum Gasteiger partial charge on any atom is 0.262 e. The van der Waals surface area contributed by atoms with E-state index in [0.29, 0.717) is 32.7 Å². The molecule has 2 amide bonds. The van der Waals surface area contributed by atoms with Gasteiger partial charge in [-0.05, 0) is 23.3 Å². The van der Waals surface area contributed by atoms with Gasteiger partial charge in [0, 0.05) is 39.5 Å². The Morgan fingerprint density at radius 1 is 1.09 bits per heavy atom. The van der Waals surface area contributed by atoms with E-state index in [1.54, 1.807) is 17.0 Å². The maximum absolute atomic E-state index is 13.4. The summed E-state index contributed by atoms with van der Waals surface area (Å²) in [5.74, 6) is -0.699. The second-order valence-corrected chi connectivity index (χ2v) is 8.32. The first-order chi connectivity index (χ1) is 16.0. The average Bonchev–Trinajstić information content (AvgIpc) is 3.29. The highest BCUT2D eigenvalue weighted by Gasteiger charge is 2.34. The average molecular weight is 453 g/mol. The van der Waals surface area contributed by atoms with E-state index in [1.165, 1.54) is 24.1 Å². The number of hydrogen-bond acceptors (Lipinski definition) is 5. The molecule has 33 heavy (non-hydrogen) atoms. The number of nitrogens with zero attached hydrogens (tertiary/aromatic N) is 4. The first-order valence-electron chi connectivity index (χ1n) is 11.3. The van der Waals surface area contributed by atoms with Gasteiger partial charge < -0.3 is 9.64 Å². The van der Waals surface area contributed by atoms with Crippen LogP contribution in [0.1, 0.15) is 30.5 Å². The van der Waals surface area contributed by atoms with Crippen LogP contribution in [-0.2, 0) is 14.3 Å². The van der Waals surface area contributed by atoms with Crippen molar-refractivity contribution < 1.29 is 18.7 Å². The number of rotatable bonds is 7. The predicted octanol–water partition coefficient (Wildman–Crippen LogP) is 2.68. The molecule has 0 spiro atoms. The van der Waals surface area contributed by atoms with E-state index >= 15 is 0 Å². The third-order valence-electron chi connectivity index (χ3n) is 6.09. The van der Waals surface area contributed by atoms with Crippen LogP contribution in [0, 0.1) is 5.82 Å². The lowest BCUT2D eigenvalue weighted by atomic mass is 9.98. The zero-order valence-corrected chi connectivity index (χ0v) is 18.8. The zero-order chi connectivity index (χ0) is 23.2. The minimum Gasteiger partial charge on any atom is -0.379 e. The van der Waals surface area contributed by atoms with Gasteiger partial charge in [-0.15, -0.1) is 0 Å². The summed E-state index contributed by atoms with van der Waals surface area (Å²) in [5.41, 5.74) is 2.47. The monoisotopic (exact) mass is 452 g/mol. The van der Waals surface area contributed by atoms with Gasteiger partial charge in [0.1, 0.15) is 12.4 Å². The molecule has 0 bridgehead atoms. The van der Waals surface area contributed by atoms with Gasteiger partial charge in [-0.1, -0.05) is 42.5 Å². The summed E-state index contributed by atoms with van der Waals surface area (Å²) in [6, 6.07) is 15.6. The van der Waals surface area contributed by atoms with E-state index in [0.717, 1.165) is 29.9 Å². The number of carbonyl (C=O) groups is 2. The number of halogens is 1. The number of ether oxygens (including phenoxy) is 1. The van der Waals surface area contributed by atoms with Crippen molar-refractivity contribution in [3.05, 3.63) is 71.5 Å². The van der Waals surface area contributed by atoms with Gasteiger partial charge in [-0.2, -0.15) is 5.10 Å². The Balaban J connectivity index is 1.50. The van der Waals surface area contributed by atoms with Gasteiger partial charge in [-0.3, -0.25) is 14.5 Å². The van der Waals surface area contributed by atoms with Crippen LogP contribution in [0.4, 0.5) is 4.39 Å². The molecule has 174 valence electrons. The lowest BCUT2D eigenvalue weighted by molar-refractivity contribution is -0.140. The Morgan fingerprint density at radius 3 is 2.45 bits per heavy atom. The molecular weight excluding hydrogens is 423 g/mol. The van der Waals surface area contributed by atoms with Gasteiger partial charge >= 0.3 is 0 Å². The standard InChI is InChI=1S/C25H29FN4O3/c1-19(31)29(12-11-28-13-15-33-16-14-28)18-25(32)30-24(21-5-3-2-4-6-21)17-23(27-30)20-7-9-22(26)10-8-20/h2-10,24H,11-18H2,1H3/t24-/m0/s1. The van der Waals surface area contributed by atoms with Crippen LogP contribution in [0.3, 0.4) is 0 Å². The van der Waals surface area contributed by atoms with E-state index < -0.39 is 0 Å². The van der Waals surface area contributed by atoms with Crippen molar-refractivity contribution in [1.82, 2.24) is 14.8 Å². The van der Waals surface area contributed by atoms with Gasteiger partial charge in [0.15, 0.2) is 0 Å². The van der Waals surface area contributed by atoms with E-state index in [2.05, 4.69) is 10.0 Å². The molecule has 0 aliphatic carbocycles. The largest absolute Gasteiger partial charge is 0.379 e. The SMILES string of the molecule is CC(=O)N(CCN1CCOCC1)CC(=O)N1N=C(c2ccc(F)cc2)C[C@H]1c1ccccc1. The second kappa shape index (κ2) is 10.7. The fourth-order valence-electron chi connectivity index (χ4n) is 4.16. The van der Waals surface area contributed by atoms with Crippen molar-refractivity contribution in [2.75, 3.05) is 45.9 Å². The molecule has 0 unspecified atom stereocenters. The Bertz CT molecular complexity index is 990. The third kappa shape index (κ3) is 5.83. The van der Waals surface area contributed by atoms with Crippen molar-refractivity contribution in [3.63, 3.8) is 0 Å².